The number of aromatic amines is 1. The Morgan fingerprint density at radius 3 is 3.00 bits per heavy atom. The monoisotopic (exact) mass is 151 g/mol. The maximum Gasteiger partial charge on any atom is 0.0535 e. The zero-order valence-electron chi connectivity index (χ0n) is 6.67. The van der Waals surface area contributed by atoms with Crippen LogP contribution in [0, 0.1) is 5.92 Å². The molecule has 3 nitrogen and oxygen atoms in total. The standard InChI is InChI=1S/C8H13N3/c1-9-8(6-2-3-6)7-4-10-11-5-7/h4-6,8-9H,2-3H2,1H3,(H,10,11). The van der Waals surface area contributed by atoms with E-state index in [2.05, 4.69) is 15.5 Å². The van der Waals surface area contributed by atoms with Crippen molar-refractivity contribution in [1.29, 1.82) is 0 Å². The molecule has 1 aliphatic carbocycles. The average Bonchev–Trinajstić information content (AvgIpc) is 2.68. The highest BCUT2D eigenvalue weighted by Gasteiger charge is 2.31. The molecular weight excluding hydrogens is 138 g/mol. The van der Waals surface area contributed by atoms with E-state index in [9.17, 15) is 0 Å². The molecule has 0 saturated heterocycles. The zero-order valence-corrected chi connectivity index (χ0v) is 6.67. The van der Waals surface area contributed by atoms with E-state index in [4.69, 9.17) is 0 Å². The first-order valence-electron chi connectivity index (χ1n) is 4.08. The summed E-state index contributed by atoms with van der Waals surface area (Å²) in [4.78, 5) is 0. The highest BCUT2D eigenvalue weighted by atomic mass is 15.1. The third-order valence-corrected chi connectivity index (χ3v) is 2.28. The molecule has 11 heavy (non-hydrogen) atoms. The first-order chi connectivity index (χ1) is 5.42. The third-order valence-electron chi connectivity index (χ3n) is 2.28. The van der Waals surface area contributed by atoms with Crippen molar-refractivity contribution >= 4 is 0 Å². The summed E-state index contributed by atoms with van der Waals surface area (Å²) in [6, 6.07) is 0.522. The minimum atomic E-state index is 0.522. The van der Waals surface area contributed by atoms with E-state index in [0.29, 0.717) is 6.04 Å². The van der Waals surface area contributed by atoms with Gasteiger partial charge in [-0.05, 0) is 25.8 Å². The molecule has 1 fully saturated rings. The van der Waals surface area contributed by atoms with Crippen LogP contribution in [-0.2, 0) is 0 Å². The van der Waals surface area contributed by atoms with E-state index >= 15 is 0 Å². The quantitative estimate of drug-likeness (QED) is 0.678. The molecule has 1 aliphatic rings. The van der Waals surface area contributed by atoms with Gasteiger partial charge in [-0.2, -0.15) is 5.10 Å². The molecule has 3 heteroatoms. The van der Waals surface area contributed by atoms with E-state index in [-0.39, 0.29) is 0 Å². The van der Waals surface area contributed by atoms with Crippen LogP contribution in [0.25, 0.3) is 0 Å². The molecule has 1 heterocycles. The van der Waals surface area contributed by atoms with Crippen molar-refractivity contribution in [2.75, 3.05) is 7.05 Å². The minimum absolute atomic E-state index is 0.522. The van der Waals surface area contributed by atoms with Gasteiger partial charge in [-0.1, -0.05) is 0 Å². The van der Waals surface area contributed by atoms with Crippen molar-refractivity contribution in [2.45, 2.75) is 18.9 Å². The van der Waals surface area contributed by atoms with Crippen molar-refractivity contribution in [1.82, 2.24) is 15.5 Å². The maximum absolute atomic E-state index is 3.94. The number of nitrogens with zero attached hydrogens (tertiary/aromatic N) is 1. The first kappa shape index (κ1) is 6.85. The van der Waals surface area contributed by atoms with Crippen LogP contribution in [0.15, 0.2) is 12.4 Å². The van der Waals surface area contributed by atoms with Crippen LogP contribution in [0.4, 0.5) is 0 Å². The van der Waals surface area contributed by atoms with E-state index < -0.39 is 0 Å². The molecule has 1 aromatic rings. The number of hydrogen-bond acceptors (Lipinski definition) is 2. The van der Waals surface area contributed by atoms with Gasteiger partial charge in [-0.3, -0.25) is 5.10 Å². The van der Waals surface area contributed by atoms with Crippen molar-refractivity contribution in [3.05, 3.63) is 18.0 Å². The number of H-pyrrole nitrogens is 1. The van der Waals surface area contributed by atoms with Crippen LogP contribution in [0.2, 0.25) is 0 Å². The summed E-state index contributed by atoms with van der Waals surface area (Å²) < 4.78 is 0. The summed E-state index contributed by atoms with van der Waals surface area (Å²) in [6.07, 6.45) is 6.59. The Kier molecular flexibility index (Phi) is 1.66. The zero-order chi connectivity index (χ0) is 7.68. The summed E-state index contributed by atoms with van der Waals surface area (Å²) in [5, 5.41) is 10.1. The maximum atomic E-state index is 3.94. The summed E-state index contributed by atoms with van der Waals surface area (Å²) in [5.41, 5.74) is 1.29. The van der Waals surface area contributed by atoms with Gasteiger partial charge in [0.25, 0.3) is 0 Å². The van der Waals surface area contributed by atoms with E-state index in [1.54, 1.807) is 0 Å². The Bertz CT molecular complexity index is 213. The number of rotatable bonds is 3. The predicted molar refractivity (Wildman–Crippen MR) is 43.1 cm³/mol. The van der Waals surface area contributed by atoms with E-state index in [1.165, 1.54) is 18.4 Å². The highest BCUT2D eigenvalue weighted by Crippen LogP contribution is 2.40. The van der Waals surface area contributed by atoms with Gasteiger partial charge in [0.2, 0.25) is 0 Å². The fourth-order valence-electron chi connectivity index (χ4n) is 1.54. The molecule has 2 rings (SSSR count). The SMILES string of the molecule is CNC(c1cn[nH]c1)C1CC1. The molecule has 0 bridgehead atoms. The van der Waals surface area contributed by atoms with Crippen LogP contribution in [-0.4, -0.2) is 17.2 Å². The fourth-order valence-corrected chi connectivity index (χ4v) is 1.54. The van der Waals surface area contributed by atoms with Gasteiger partial charge >= 0.3 is 0 Å². The lowest BCUT2D eigenvalue weighted by atomic mass is 10.1. The number of aromatic nitrogens is 2. The van der Waals surface area contributed by atoms with Crippen LogP contribution >= 0.6 is 0 Å². The highest BCUT2D eigenvalue weighted by molar-refractivity contribution is 5.12. The van der Waals surface area contributed by atoms with Crippen molar-refractivity contribution in [3.63, 3.8) is 0 Å². The molecule has 2 N–H and O–H groups in total. The second kappa shape index (κ2) is 2.66. The molecule has 1 unspecified atom stereocenters. The summed E-state index contributed by atoms with van der Waals surface area (Å²) >= 11 is 0. The number of hydrogen-bond donors (Lipinski definition) is 2. The summed E-state index contributed by atoms with van der Waals surface area (Å²) in [6.45, 7) is 0. The molecule has 0 aliphatic heterocycles. The van der Waals surface area contributed by atoms with Gasteiger partial charge in [0.15, 0.2) is 0 Å². The number of nitrogens with one attached hydrogen (secondary N) is 2. The normalized spacial score (nSPS) is 20.1. The fraction of sp³-hybridized carbons (Fsp3) is 0.625. The van der Waals surface area contributed by atoms with Gasteiger partial charge < -0.3 is 5.32 Å². The second-order valence-corrected chi connectivity index (χ2v) is 3.14. The van der Waals surface area contributed by atoms with Crippen molar-refractivity contribution in [3.8, 4) is 0 Å². The van der Waals surface area contributed by atoms with Gasteiger partial charge in [0.1, 0.15) is 0 Å². The Labute approximate surface area is 66.2 Å². The third kappa shape index (κ3) is 1.28. The van der Waals surface area contributed by atoms with Crippen LogP contribution in [0.1, 0.15) is 24.4 Å². The van der Waals surface area contributed by atoms with E-state index in [0.717, 1.165) is 5.92 Å². The van der Waals surface area contributed by atoms with Gasteiger partial charge in [-0.25, -0.2) is 0 Å². The van der Waals surface area contributed by atoms with Crippen molar-refractivity contribution in [2.24, 2.45) is 5.92 Å². The molecule has 0 amide bonds. The molecular formula is C8H13N3. The second-order valence-electron chi connectivity index (χ2n) is 3.14. The van der Waals surface area contributed by atoms with Crippen LogP contribution in [0.5, 0.6) is 0 Å². The Hall–Kier alpha value is -0.830. The van der Waals surface area contributed by atoms with Gasteiger partial charge in [-0.15, -0.1) is 0 Å². The molecule has 60 valence electrons. The lowest BCUT2D eigenvalue weighted by molar-refractivity contribution is 0.529. The lowest BCUT2D eigenvalue weighted by Gasteiger charge is -2.11. The van der Waals surface area contributed by atoms with Gasteiger partial charge in [0.05, 0.1) is 6.20 Å². The van der Waals surface area contributed by atoms with Gasteiger partial charge in [0, 0.05) is 17.8 Å². The molecule has 1 saturated carbocycles. The Morgan fingerprint density at radius 1 is 1.73 bits per heavy atom. The minimum Gasteiger partial charge on any atom is -0.313 e. The molecule has 1 atom stereocenters. The topological polar surface area (TPSA) is 40.7 Å². The molecule has 1 aromatic heterocycles. The summed E-state index contributed by atoms with van der Waals surface area (Å²) in [7, 11) is 2.01. The average molecular weight is 151 g/mol. The smallest absolute Gasteiger partial charge is 0.0535 e. The molecule has 0 spiro atoms. The molecule has 0 radical (unpaired) electrons. The predicted octanol–water partition coefficient (Wildman–Crippen LogP) is 1.08. The van der Waals surface area contributed by atoms with E-state index in [1.807, 2.05) is 19.4 Å². The molecule has 0 aromatic carbocycles. The van der Waals surface area contributed by atoms with Crippen LogP contribution < -0.4 is 5.32 Å². The van der Waals surface area contributed by atoms with Crippen molar-refractivity contribution < 1.29 is 0 Å². The summed E-state index contributed by atoms with van der Waals surface area (Å²) in [5.74, 6) is 0.845. The first-order valence-corrected chi connectivity index (χ1v) is 4.08. The Balaban J connectivity index is 2.11. The Morgan fingerprint density at radius 2 is 2.55 bits per heavy atom. The largest absolute Gasteiger partial charge is 0.313 e. The lowest BCUT2D eigenvalue weighted by Crippen LogP contribution is -2.17. The van der Waals surface area contributed by atoms with Crippen LogP contribution in [0.3, 0.4) is 0 Å².